The molecule has 0 aromatic rings. The second kappa shape index (κ2) is 4.11. The van der Waals surface area contributed by atoms with Crippen LogP contribution in [0.1, 0.15) is 33.6 Å². The second-order valence-electron chi connectivity index (χ2n) is 5.84. The molecule has 6 nitrogen and oxygen atoms in total. The average Bonchev–Trinajstić information content (AvgIpc) is 2.83. The van der Waals surface area contributed by atoms with Crippen molar-refractivity contribution in [1.82, 2.24) is 5.32 Å². The van der Waals surface area contributed by atoms with E-state index >= 15 is 0 Å². The minimum Gasteiger partial charge on any atom is -0.444 e. The predicted molar refractivity (Wildman–Crippen MR) is 62.3 cm³/mol. The third kappa shape index (κ3) is 2.82. The number of fused-ring (bicyclic) bond motifs is 1. The standard InChI is InChI=1S/C11H18N4O2/c1-11(2,3)17-10(16)13-8-5-6-4-7(6)9(8)14-15-12/h6-9H,4-5H2,1-3H3,(H,13,16)/t6-,7-,8-,9?/m1/s1. The van der Waals surface area contributed by atoms with Crippen LogP contribution < -0.4 is 5.32 Å². The van der Waals surface area contributed by atoms with Crippen molar-refractivity contribution in [2.75, 3.05) is 0 Å². The van der Waals surface area contributed by atoms with Gasteiger partial charge in [-0.1, -0.05) is 5.11 Å². The van der Waals surface area contributed by atoms with Crippen molar-refractivity contribution in [2.24, 2.45) is 17.0 Å². The highest BCUT2D eigenvalue weighted by molar-refractivity contribution is 5.68. The zero-order valence-corrected chi connectivity index (χ0v) is 10.4. The summed E-state index contributed by atoms with van der Waals surface area (Å²) in [4.78, 5) is 14.5. The quantitative estimate of drug-likeness (QED) is 0.455. The number of carbonyl (C=O) groups is 1. The minimum atomic E-state index is -0.500. The molecule has 0 aromatic heterocycles. The van der Waals surface area contributed by atoms with E-state index in [9.17, 15) is 4.79 Å². The van der Waals surface area contributed by atoms with E-state index in [0.29, 0.717) is 11.8 Å². The zero-order chi connectivity index (χ0) is 12.6. The maximum atomic E-state index is 11.6. The summed E-state index contributed by atoms with van der Waals surface area (Å²) in [7, 11) is 0. The van der Waals surface area contributed by atoms with Crippen molar-refractivity contribution >= 4 is 6.09 Å². The largest absolute Gasteiger partial charge is 0.444 e. The number of amides is 1. The van der Waals surface area contributed by atoms with E-state index in [1.54, 1.807) is 0 Å². The topological polar surface area (TPSA) is 87.1 Å². The van der Waals surface area contributed by atoms with Crippen molar-refractivity contribution in [2.45, 2.75) is 51.3 Å². The van der Waals surface area contributed by atoms with Crippen LogP contribution in [-0.2, 0) is 4.74 Å². The maximum Gasteiger partial charge on any atom is 0.407 e. The molecule has 2 rings (SSSR count). The number of alkyl carbamates (subject to hydrolysis) is 1. The Morgan fingerprint density at radius 1 is 1.47 bits per heavy atom. The van der Waals surface area contributed by atoms with Crippen molar-refractivity contribution in [1.29, 1.82) is 0 Å². The Morgan fingerprint density at radius 2 is 2.18 bits per heavy atom. The highest BCUT2D eigenvalue weighted by Gasteiger charge is 2.53. The summed E-state index contributed by atoms with van der Waals surface area (Å²) in [6.45, 7) is 5.47. The number of nitrogens with one attached hydrogen (secondary N) is 1. The van der Waals surface area contributed by atoms with Gasteiger partial charge in [-0.3, -0.25) is 0 Å². The molecule has 2 aliphatic carbocycles. The normalized spacial score (nSPS) is 34.5. The molecule has 0 spiro atoms. The van der Waals surface area contributed by atoms with Gasteiger partial charge in [0.25, 0.3) is 0 Å². The molecule has 0 radical (unpaired) electrons. The number of nitrogens with zero attached hydrogens (tertiary/aromatic N) is 3. The number of rotatable bonds is 2. The summed E-state index contributed by atoms with van der Waals surface area (Å²) in [5, 5.41) is 6.59. The summed E-state index contributed by atoms with van der Waals surface area (Å²) < 4.78 is 5.19. The average molecular weight is 238 g/mol. The lowest BCUT2D eigenvalue weighted by Gasteiger charge is -2.24. The Morgan fingerprint density at radius 3 is 2.76 bits per heavy atom. The molecule has 0 aliphatic heterocycles. The van der Waals surface area contributed by atoms with Gasteiger partial charge in [0.15, 0.2) is 0 Å². The molecule has 6 heteroatoms. The van der Waals surface area contributed by atoms with Gasteiger partial charge in [-0.05, 0) is 51.0 Å². The Hall–Kier alpha value is -1.42. The maximum absolute atomic E-state index is 11.6. The lowest BCUT2D eigenvalue weighted by atomic mass is 10.1. The van der Waals surface area contributed by atoms with E-state index in [4.69, 9.17) is 10.3 Å². The van der Waals surface area contributed by atoms with E-state index in [-0.39, 0.29) is 12.1 Å². The van der Waals surface area contributed by atoms with Crippen LogP contribution in [0.2, 0.25) is 0 Å². The third-order valence-corrected chi connectivity index (χ3v) is 3.27. The van der Waals surface area contributed by atoms with Crippen LogP contribution in [-0.4, -0.2) is 23.8 Å². The van der Waals surface area contributed by atoms with E-state index in [1.807, 2.05) is 20.8 Å². The van der Waals surface area contributed by atoms with E-state index in [2.05, 4.69) is 15.3 Å². The van der Waals surface area contributed by atoms with Crippen LogP contribution in [0.3, 0.4) is 0 Å². The molecule has 1 N–H and O–H groups in total. The fraction of sp³-hybridized carbons (Fsp3) is 0.909. The minimum absolute atomic E-state index is 0.0653. The van der Waals surface area contributed by atoms with Gasteiger partial charge in [0.1, 0.15) is 5.60 Å². The van der Waals surface area contributed by atoms with E-state index in [1.165, 1.54) is 0 Å². The first kappa shape index (κ1) is 12.0. The zero-order valence-electron chi connectivity index (χ0n) is 10.4. The summed E-state index contributed by atoms with van der Waals surface area (Å²) in [6, 6.07) is -0.165. The SMILES string of the molecule is CC(C)(C)OC(=O)N[C@@H]1C[C@H]2C[C@H]2C1N=[N+]=[N-]. The Kier molecular flexibility index (Phi) is 2.91. The summed E-state index contributed by atoms with van der Waals surface area (Å²) in [5.41, 5.74) is 8.02. The molecule has 0 heterocycles. The van der Waals surface area contributed by atoms with Gasteiger partial charge >= 0.3 is 6.09 Å². The van der Waals surface area contributed by atoms with Crippen LogP contribution in [0.5, 0.6) is 0 Å². The van der Waals surface area contributed by atoms with Crippen molar-refractivity contribution < 1.29 is 9.53 Å². The number of hydrogen-bond donors (Lipinski definition) is 1. The third-order valence-electron chi connectivity index (χ3n) is 3.27. The van der Waals surface area contributed by atoms with Crippen LogP contribution in [0.25, 0.3) is 10.4 Å². The molecule has 2 aliphatic rings. The molecular formula is C11H18N4O2. The van der Waals surface area contributed by atoms with Crippen molar-refractivity contribution in [3.05, 3.63) is 10.4 Å². The first-order valence-electron chi connectivity index (χ1n) is 5.94. The highest BCUT2D eigenvalue weighted by Crippen LogP contribution is 2.53. The molecule has 94 valence electrons. The highest BCUT2D eigenvalue weighted by atomic mass is 16.6. The van der Waals surface area contributed by atoms with Gasteiger partial charge in [0.2, 0.25) is 0 Å². The number of hydrogen-bond acceptors (Lipinski definition) is 3. The predicted octanol–water partition coefficient (Wildman–Crippen LogP) is 2.60. The lowest BCUT2D eigenvalue weighted by molar-refractivity contribution is 0.0498. The second-order valence-corrected chi connectivity index (χ2v) is 5.84. The fourth-order valence-corrected chi connectivity index (χ4v) is 2.55. The fourth-order valence-electron chi connectivity index (χ4n) is 2.55. The molecule has 4 atom stereocenters. The Labute approximate surface area is 100 Å². The lowest BCUT2D eigenvalue weighted by Crippen LogP contribution is -2.43. The first-order chi connectivity index (χ1) is 7.90. The number of ether oxygens (including phenoxy) is 1. The van der Waals surface area contributed by atoms with Crippen molar-refractivity contribution in [3.63, 3.8) is 0 Å². The Balaban J connectivity index is 1.90. The van der Waals surface area contributed by atoms with Crippen molar-refractivity contribution in [3.8, 4) is 0 Å². The van der Waals surface area contributed by atoms with Gasteiger partial charge in [0.05, 0.1) is 6.04 Å². The number of carbonyl (C=O) groups excluding carboxylic acids is 1. The van der Waals surface area contributed by atoms with Gasteiger partial charge < -0.3 is 10.1 Å². The van der Waals surface area contributed by atoms with Crippen LogP contribution in [0.15, 0.2) is 5.11 Å². The first-order valence-corrected chi connectivity index (χ1v) is 5.94. The monoisotopic (exact) mass is 238 g/mol. The molecule has 17 heavy (non-hydrogen) atoms. The Bertz CT molecular complexity index is 370. The molecule has 2 fully saturated rings. The van der Waals surface area contributed by atoms with Gasteiger partial charge in [-0.2, -0.15) is 0 Å². The molecule has 0 saturated heterocycles. The number of azide groups is 1. The van der Waals surface area contributed by atoms with Crippen LogP contribution >= 0.6 is 0 Å². The molecular weight excluding hydrogens is 220 g/mol. The van der Waals surface area contributed by atoms with Crippen LogP contribution in [0.4, 0.5) is 4.79 Å². The molecule has 0 bridgehead atoms. The van der Waals surface area contributed by atoms with Crippen LogP contribution in [0, 0.1) is 11.8 Å². The molecule has 0 aromatic carbocycles. The molecule has 1 amide bonds. The smallest absolute Gasteiger partial charge is 0.407 e. The summed E-state index contributed by atoms with van der Waals surface area (Å²) >= 11 is 0. The van der Waals surface area contributed by atoms with Gasteiger partial charge in [0, 0.05) is 11.0 Å². The summed E-state index contributed by atoms with van der Waals surface area (Å²) in [5.74, 6) is 1.08. The molecule has 1 unspecified atom stereocenters. The molecule has 2 saturated carbocycles. The summed E-state index contributed by atoms with van der Waals surface area (Å²) in [6.07, 6.45) is 1.59. The van der Waals surface area contributed by atoms with Gasteiger partial charge in [-0.15, -0.1) is 0 Å². The van der Waals surface area contributed by atoms with E-state index < -0.39 is 11.7 Å². The van der Waals surface area contributed by atoms with Gasteiger partial charge in [-0.25, -0.2) is 4.79 Å². The van der Waals surface area contributed by atoms with E-state index in [0.717, 1.165) is 12.8 Å².